The van der Waals surface area contributed by atoms with Gasteiger partial charge in [0, 0.05) is 33.7 Å². The van der Waals surface area contributed by atoms with Gasteiger partial charge in [0.2, 0.25) is 12.3 Å². The summed E-state index contributed by atoms with van der Waals surface area (Å²) in [6.07, 6.45) is 4.21. The van der Waals surface area contributed by atoms with Crippen LogP contribution in [0.4, 0.5) is 11.6 Å². The van der Waals surface area contributed by atoms with Crippen molar-refractivity contribution in [3.63, 3.8) is 0 Å². The van der Waals surface area contributed by atoms with E-state index in [-0.39, 0.29) is 5.41 Å². The van der Waals surface area contributed by atoms with Crippen LogP contribution in [0.1, 0.15) is 26.5 Å². The maximum atomic E-state index is 11.6. The molecule has 26 heavy (non-hydrogen) atoms. The summed E-state index contributed by atoms with van der Waals surface area (Å²) in [7, 11) is 0. The number of carbonyl (C=O) groups excluding carboxylic acids is 1. The fourth-order valence-corrected chi connectivity index (χ4v) is 3.05. The summed E-state index contributed by atoms with van der Waals surface area (Å²) in [5, 5.41) is 5.42. The quantitative estimate of drug-likeness (QED) is 0.510. The Morgan fingerprint density at radius 3 is 2.54 bits per heavy atom. The summed E-state index contributed by atoms with van der Waals surface area (Å²) >= 11 is 1.60. The number of hydrogen-bond donors (Lipinski definition) is 1. The topological polar surface area (TPSA) is 71.3 Å². The van der Waals surface area contributed by atoms with Gasteiger partial charge in [0.15, 0.2) is 0 Å². The minimum absolute atomic E-state index is 0.128. The van der Waals surface area contributed by atoms with Crippen LogP contribution in [0.2, 0.25) is 0 Å². The number of carbonyl (C=O) groups is 1. The van der Waals surface area contributed by atoms with E-state index in [4.69, 9.17) is 4.52 Å². The average molecular weight is 368 g/mol. The van der Waals surface area contributed by atoms with Crippen molar-refractivity contribution in [1.82, 2.24) is 10.1 Å². The molecule has 2 heterocycles. The lowest BCUT2D eigenvalue weighted by molar-refractivity contribution is -0.107. The molecule has 0 saturated carbocycles. The van der Waals surface area contributed by atoms with E-state index in [9.17, 15) is 4.79 Å². The van der Waals surface area contributed by atoms with Crippen LogP contribution in [0.15, 0.2) is 69.2 Å². The highest BCUT2D eigenvalue weighted by Gasteiger charge is 2.20. The van der Waals surface area contributed by atoms with Crippen LogP contribution in [0.3, 0.4) is 0 Å². The van der Waals surface area contributed by atoms with Gasteiger partial charge in [0.25, 0.3) is 0 Å². The van der Waals surface area contributed by atoms with Crippen molar-refractivity contribution in [3.8, 4) is 0 Å². The van der Waals surface area contributed by atoms with Gasteiger partial charge in [-0.05, 0) is 30.3 Å². The summed E-state index contributed by atoms with van der Waals surface area (Å²) in [6, 6.07) is 13.3. The lowest BCUT2D eigenvalue weighted by Crippen LogP contribution is -2.27. The Kier molecular flexibility index (Phi) is 5.27. The molecule has 7 heteroatoms. The highest BCUT2D eigenvalue weighted by atomic mass is 32.2. The second-order valence-corrected chi connectivity index (χ2v) is 7.84. The molecule has 2 aromatic heterocycles. The van der Waals surface area contributed by atoms with Gasteiger partial charge in [-0.15, -0.1) is 0 Å². The summed E-state index contributed by atoms with van der Waals surface area (Å²) in [5.74, 6) is 0.411. The predicted octanol–water partition coefficient (Wildman–Crippen LogP) is 4.51. The van der Waals surface area contributed by atoms with Crippen LogP contribution in [-0.2, 0) is 10.2 Å². The van der Waals surface area contributed by atoms with Crippen LogP contribution >= 0.6 is 11.8 Å². The number of amides is 1. The largest absolute Gasteiger partial charge is 0.337 e. The maximum absolute atomic E-state index is 11.6. The number of rotatable bonds is 6. The molecule has 0 aliphatic heterocycles. The van der Waals surface area contributed by atoms with Crippen LogP contribution in [-0.4, -0.2) is 16.6 Å². The molecule has 0 aliphatic rings. The van der Waals surface area contributed by atoms with E-state index in [1.165, 1.54) is 5.01 Å². The molecule has 1 aromatic carbocycles. The molecule has 0 bridgehead atoms. The second kappa shape index (κ2) is 7.61. The third kappa shape index (κ3) is 4.43. The zero-order chi connectivity index (χ0) is 18.6. The number of aromatic nitrogens is 2. The highest BCUT2D eigenvalue weighted by molar-refractivity contribution is 7.99. The van der Waals surface area contributed by atoms with Crippen LogP contribution in [0, 0.1) is 0 Å². The number of nitrogens with one attached hydrogen (secondary N) is 1. The van der Waals surface area contributed by atoms with Crippen LogP contribution in [0.5, 0.6) is 0 Å². The molecule has 0 fully saturated rings. The van der Waals surface area contributed by atoms with Crippen molar-refractivity contribution < 1.29 is 9.32 Å². The third-order valence-electron chi connectivity index (χ3n) is 3.60. The fourth-order valence-electron chi connectivity index (χ4n) is 2.19. The number of nitrogens with zero attached hydrogens (tertiary/aromatic N) is 3. The Bertz CT molecular complexity index is 875. The van der Waals surface area contributed by atoms with Crippen molar-refractivity contribution >= 4 is 29.7 Å². The minimum atomic E-state index is -0.128. The predicted molar refractivity (Wildman–Crippen MR) is 102 cm³/mol. The van der Waals surface area contributed by atoms with E-state index in [1.54, 1.807) is 30.2 Å². The summed E-state index contributed by atoms with van der Waals surface area (Å²) < 4.78 is 5.30. The number of benzene rings is 1. The number of pyridine rings is 1. The maximum Gasteiger partial charge on any atom is 0.243 e. The van der Waals surface area contributed by atoms with E-state index >= 15 is 0 Å². The minimum Gasteiger partial charge on any atom is -0.337 e. The first-order valence-electron chi connectivity index (χ1n) is 8.12. The Balaban J connectivity index is 1.77. The van der Waals surface area contributed by atoms with Gasteiger partial charge in [-0.1, -0.05) is 43.8 Å². The highest BCUT2D eigenvalue weighted by Crippen LogP contribution is 2.30. The van der Waals surface area contributed by atoms with Crippen molar-refractivity contribution in [1.29, 1.82) is 0 Å². The van der Waals surface area contributed by atoms with Gasteiger partial charge in [0.1, 0.15) is 0 Å². The number of hydrogen-bond acceptors (Lipinski definition) is 6. The molecule has 3 aromatic rings. The first-order chi connectivity index (χ1) is 12.5. The monoisotopic (exact) mass is 368 g/mol. The average Bonchev–Trinajstić information content (AvgIpc) is 3.10. The van der Waals surface area contributed by atoms with E-state index in [0.29, 0.717) is 18.0 Å². The molecule has 1 amide bonds. The van der Waals surface area contributed by atoms with Crippen molar-refractivity contribution in [2.45, 2.75) is 36.0 Å². The van der Waals surface area contributed by atoms with Crippen LogP contribution in [0.25, 0.3) is 0 Å². The molecule has 3 rings (SSSR count). The molecule has 0 saturated heterocycles. The molecule has 0 unspecified atom stereocenters. The molecule has 1 N–H and O–H groups in total. The fraction of sp³-hybridized carbons (Fsp3) is 0.211. The Labute approximate surface area is 156 Å². The van der Waals surface area contributed by atoms with Crippen LogP contribution < -0.4 is 10.4 Å². The standard InChI is InChI=1S/C19H20N4O2S/c1-19(2,3)17-12-18(25-22-17)21-23(13-24)14-5-4-6-16(11-14)26-15-7-9-20-10-8-15/h4-13,21H,1-3H3. The molecule has 0 aliphatic carbocycles. The molecule has 0 radical (unpaired) electrons. The van der Waals surface area contributed by atoms with Gasteiger partial charge in [0.05, 0.1) is 11.4 Å². The Hall–Kier alpha value is -2.80. The van der Waals surface area contributed by atoms with E-state index < -0.39 is 0 Å². The lowest BCUT2D eigenvalue weighted by Gasteiger charge is -2.18. The normalized spacial score (nSPS) is 11.2. The van der Waals surface area contributed by atoms with Gasteiger partial charge in [-0.25, -0.2) is 5.01 Å². The third-order valence-corrected chi connectivity index (χ3v) is 4.59. The lowest BCUT2D eigenvalue weighted by atomic mass is 9.92. The smallest absolute Gasteiger partial charge is 0.243 e. The summed E-state index contributed by atoms with van der Waals surface area (Å²) in [5.41, 5.74) is 4.33. The van der Waals surface area contributed by atoms with Crippen molar-refractivity contribution in [3.05, 3.63) is 60.6 Å². The second-order valence-electron chi connectivity index (χ2n) is 6.70. The molecule has 0 atom stereocenters. The Morgan fingerprint density at radius 2 is 1.88 bits per heavy atom. The van der Waals surface area contributed by atoms with Crippen molar-refractivity contribution in [2.24, 2.45) is 0 Å². The summed E-state index contributed by atoms with van der Waals surface area (Å²) in [6.45, 7) is 6.14. The molecule has 6 nitrogen and oxygen atoms in total. The van der Waals surface area contributed by atoms with E-state index in [1.807, 2.05) is 57.2 Å². The zero-order valence-corrected chi connectivity index (χ0v) is 15.7. The van der Waals surface area contributed by atoms with E-state index in [2.05, 4.69) is 15.6 Å². The molecular formula is C19H20N4O2S. The SMILES string of the molecule is CC(C)(C)c1cc(NN(C=O)c2cccc(Sc3ccncc3)c2)on1. The van der Waals surface area contributed by atoms with Crippen molar-refractivity contribution in [2.75, 3.05) is 10.4 Å². The van der Waals surface area contributed by atoms with E-state index in [0.717, 1.165) is 15.5 Å². The van der Waals surface area contributed by atoms with Gasteiger partial charge < -0.3 is 4.52 Å². The Morgan fingerprint density at radius 1 is 1.12 bits per heavy atom. The molecular weight excluding hydrogens is 348 g/mol. The first kappa shape index (κ1) is 18.0. The zero-order valence-electron chi connectivity index (χ0n) is 14.8. The summed E-state index contributed by atoms with van der Waals surface area (Å²) in [4.78, 5) is 17.7. The van der Waals surface area contributed by atoms with Gasteiger partial charge in [-0.3, -0.25) is 15.2 Å². The molecule has 0 spiro atoms. The molecule has 134 valence electrons. The number of anilines is 2. The van der Waals surface area contributed by atoms with Gasteiger partial charge in [-0.2, -0.15) is 0 Å². The first-order valence-corrected chi connectivity index (χ1v) is 8.94. The number of hydrazine groups is 1. The van der Waals surface area contributed by atoms with Gasteiger partial charge >= 0.3 is 0 Å².